The summed E-state index contributed by atoms with van der Waals surface area (Å²) in [5.41, 5.74) is -2.49. The van der Waals surface area contributed by atoms with Gasteiger partial charge in [0.2, 0.25) is 0 Å². The minimum atomic E-state index is -4.82. The van der Waals surface area contributed by atoms with Crippen molar-refractivity contribution in [1.82, 2.24) is 19.8 Å². The van der Waals surface area contributed by atoms with Gasteiger partial charge in [0.1, 0.15) is 29.7 Å². The van der Waals surface area contributed by atoms with E-state index in [2.05, 4.69) is 25.8 Å². The number of nitrogens with zero attached hydrogens (tertiary/aromatic N) is 5. The maximum Gasteiger partial charge on any atom is 0.417 e. The largest absolute Gasteiger partial charge is 0.461 e. The van der Waals surface area contributed by atoms with Crippen LogP contribution in [0.5, 0.6) is 6.01 Å². The zero-order valence-electron chi connectivity index (χ0n) is 31.4. The minimum Gasteiger partial charge on any atom is -0.461 e. The Labute approximate surface area is 318 Å². The molecule has 4 atom stereocenters. The molecule has 3 saturated heterocycles. The van der Waals surface area contributed by atoms with Crippen molar-refractivity contribution in [3.8, 4) is 6.01 Å². The molecule has 296 valence electrons. The first-order valence-electron chi connectivity index (χ1n) is 19.6. The molecule has 1 aliphatic carbocycles. The molecule has 6 rings (SSSR count). The Bertz CT molecular complexity index is 1590. The first kappa shape index (κ1) is 40.2. The van der Waals surface area contributed by atoms with Gasteiger partial charge in [-0.05, 0) is 113 Å². The van der Waals surface area contributed by atoms with Crippen LogP contribution < -0.4 is 9.64 Å². The molecule has 1 aromatic heterocycles. The maximum absolute atomic E-state index is 16.0. The molecule has 8 nitrogen and oxygen atoms in total. The molecule has 1 aromatic carbocycles. The first-order chi connectivity index (χ1) is 25.1. The second-order valence-electron chi connectivity index (χ2n) is 16.9. The Kier molecular flexibility index (Phi) is 12.7. The fourth-order valence-electron chi connectivity index (χ4n) is 9.07. The van der Waals surface area contributed by atoms with Crippen LogP contribution in [0.15, 0.2) is 10.5 Å². The lowest BCUT2D eigenvalue weighted by atomic mass is 9.78. The van der Waals surface area contributed by atoms with E-state index in [0.717, 1.165) is 89.7 Å². The number of aromatic nitrogens is 2. The minimum absolute atomic E-state index is 0.0198. The van der Waals surface area contributed by atoms with E-state index in [9.17, 15) is 22.4 Å². The molecule has 14 heteroatoms. The molecule has 0 radical (unpaired) electrons. The molecule has 0 spiro atoms. The van der Waals surface area contributed by atoms with Crippen molar-refractivity contribution in [3.05, 3.63) is 21.9 Å². The summed E-state index contributed by atoms with van der Waals surface area (Å²) in [6.07, 6.45) is 6.37. The normalized spacial score (nSPS) is 27.2. The van der Waals surface area contributed by atoms with Gasteiger partial charge in [-0.3, -0.25) is 4.90 Å². The second-order valence-corrected chi connectivity index (χ2v) is 17.7. The molecule has 0 N–H and O–H groups in total. The molecule has 2 aromatic rings. The van der Waals surface area contributed by atoms with Crippen LogP contribution >= 0.6 is 15.9 Å². The van der Waals surface area contributed by atoms with Crippen molar-refractivity contribution < 1.29 is 36.2 Å². The second kappa shape index (κ2) is 16.7. The van der Waals surface area contributed by atoms with E-state index in [0.29, 0.717) is 57.4 Å². The van der Waals surface area contributed by atoms with Crippen LogP contribution in [-0.2, 0) is 10.9 Å². The lowest BCUT2D eigenvalue weighted by molar-refractivity contribution is -0.138. The fraction of sp³-hybridized carbons (Fsp3) is 0.769. The summed E-state index contributed by atoms with van der Waals surface area (Å²) in [5.74, 6) is -0.0674. The summed E-state index contributed by atoms with van der Waals surface area (Å²) >= 11 is 2.87. The average Bonchev–Trinajstić information content (AvgIpc) is 3.61. The van der Waals surface area contributed by atoms with Gasteiger partial charge in [-0.15, -0.1) is 0 Å². The van der Waals surface area contributed by atoms with E-state index in [1.807, 2.05) is 25.7 Å². The molecular weight excluding hydrogens is 761 g/mol. The number of amides is 1. The van der Waals surface area contributed by atoms with E-state index in [-0.39, 0.29) is 35.4 Å². The monoisotopic (exact) mass is 815 g/mol. The van der Waals surface area contributed by atoms with Crippen molar-refractivity contribution in [1.29, 1.82) is 0 Å². The van der Waals surface area contributed by atoms with Crippen molar-refractivity contribution in [2.24, 2.45) is 11.8 Å². The summed E-state index contributed by atoms with van der Waals surface area (Å²) in [6, 6.07) is 0.827. The van der Waals surface area contributed by atoms with Crippen molar-refractivity contribution in [2.45, 2.75) is 134 Å². The Morgan fingerprint density at radius 1 is 0.925 bits per heavy atom. The lowest BCUT2D eigenvalue weighted by Crippen LogP contribution is -2.43. The highest BCUT2D eigenvalue weighted by atomic mass is 79.9. The van der Waals surface area contributed by atoms with Crippen LogP contribution in [0.3, 0.4) is 0 Å². The van der Waals surface area contributed by atoms with Crippen LogP contribution in [-0.4, -0.2) is 89.0 Å². The summed E-state index contributed by atoms with van der Waals surface area (Å²) in [6.45, 7) is 9.01. The quantitative estimate of drug-likeness (QED) is 0.285. The smallest absolute Gasteiger partial charge is 0.417 e. The third-order valence-electron chi connectivity index (χ3n) is 11.6. The molecule has 4 heterocycles. The number of carbonyl (C=O) groups excluding carboxylic acids is 1. The third-order valence-corrected chi connectivity index (χ3v) is 12.4. The number of carbonyl (C=O) groups is 1. The van der Waals surface area contributed by atoms with Gasteiger partial charge in [-0.1, -0.05) is 32.1 Å². The van der Waals surface area contributed by atoms with Gasteiger partial charge in [0, 0.05) is 44.5 Å². The summed E-state index contributed by atoms with van der Waals surface area (Å²) < 4.78 is 84.7. The van der Waals surface area contributed by atoms with Crippen LogP contribution in [0.4, 0.5) is 32.6 Å². The van der Waals surface area contributed by atoms with Crippen molar-refractivity contribution in [2.75, 3.05) is 50.8 Å². The number of rotatable bonds is 4. The molecule has 2 bridgehead atoms. The Hall–Kier alpha value is -2.48. The zero-order valence-corrected chi connectivity index (χ0v) is 33.0. The highest BCUT2D eigenvalue weighted by Crippen LogP contribution is 2.44. The Morgan fingerprint density at radius 3 is 2.36 bits per heavy atom. The predicted molar refractivity (Wildman–Crippen MR) is 199 cm³/mol. The number of hydrogen-bond donors (Lipinski definition) is 0. The molecule has 3 aliphatic heterocycles. The van der Waals surface area contributed by atoms with Gasteiger partial charge in [0.25, 0.3) is 0 Å². The molecule has 1 amide bonds. The Morgan fingerprint density at radius 2 is 1.62 bits per heavy atom. The summed E-state index contributed by atoms with van der Waals surface area (Å²) in [7, 11) is 0. The molecule has 2 unspecified atom stereocenters. The number of anilines is 1. The van der Waals surface area contributed by atoms with Crippen LogP contribution in [0.1, 0.15) is 116 Å². The number of benzene rings is 1. The highest BCUT2D eigenvalue weighted by molar-refractivity contribution is 9.10. The standard InChI is InChI=1S/C39H55BrF5N5O3/c1-37(2,3)53-36(51)48-16-7-4-6-12-26-13-10-14-27(20-26)23-49(18-9-5-8-17-48)34-29-21-30(39(43,44)45)31(40)32(42)33(29)46-35(47-34)52-25-38-15-11-19-50(38)24-28(41)22-38/h21,26-28H,4-20,22-25H2,1-3H3/t26?,27?,28-,38+/m1/s1. The van der Waals surface area contributed by atoms with Crippen molar-refractivity contribution >= 4 is 38.7 Å². The molecular formula is C39H55BrF5N5O3. The van der Waals surface area contributed by atoms with E-state index in [1.54, 1.807) is 4.90 Å². The summed E-state index contributed by atoms with van der Waals surface area (Å²) in [4.78, 5) is 28.1. The number of halogens is 6. The number of ether oxygens (including phenoxy) is 2. The topological polar surface area (TPSA) is 71.0 Å². The van der Waals surface area contributed by atoms with Gasteiger partial charge < -0.3 is 19.3 Å². The predicted octanol–water partition coefficient (Wildman–Crippen LogP) is 10.1. The zero-order chi connectivity index (χ0) is 38.0. The first-order valence-corrected chi connectivity index (χ1v) is 20.4. The van der Waals surface area contributed by atoms with E-state index in [4.69, 9.17) is 14.5 Å². The van der Waals surface area contributed by atoms with Gasteiger partial charge in [0.15, 0.2) is 5.82 Å². The van der Waals surface area contributed by atoms with E-state index >= 15 is 4.39 Å². The molecule has 53 heavy (non-hydrogen) atoms. The third kappa shape index (κ3) is 9.86. The SMILES string of the molecule is CC(C)(C)OC(=O)N1CCCCCC2CCCC(C2)CN(c2nc(OC[C@@]34CCCN3C[C@H](F)C4)nc3c(F)c(Br)c(C(F)(F)F)cc23)CCCCC1. The highest BCUT2D eigenvalue weighted by Gasteiger charge is 2.49. The van der Waals surface area contributed by atoms with E-state index < -0.39 is 39.3 Å². The van der Waals surface area contributed by atoms with Crippen molar-refractivity contribution in [3.63, 3.8) is 0 Å². The van der Waals surface area contributed by atoms with Gasteiger partial charge >= 0.3 is 18.3 Å². The van der Waals surface area contributed by atoms with Gasteiger partial charge in [-0.2, -0.15) is 23.1 Å². The van der Waals surface area contributed by atoms with E-state index in [1.165, 1.54) is 0 Å². The average molecular weight is 817 g/mol. The van der Waals surface area contributed by atoms with Crippen LogP contribution in [0, 0.1) is 17.7 Å². The molecule has 1 saturated carbocycles. The molecule has 4 aliphatic rings. The fourth-order valence-corrected chi connectivity index (χ4v) is 9.60. The van der Waals surface area contributed by atoms with Crippen LogP contribution in [0.25, 0.3) is 10.9 Å². The number of fused-ring (bicyclic) bond motifs is 4. The number of alkyl halides is 4. The number of hydrogen-bond acceptors (Lipinski definition) is 7. The molecule has 4 fully saturated rings. The Balaban J connectivity index is 1.33. The van der Waals surface area contributed by atoms with Gasteiger partial charge in [0.05, 0.1) is 15.6 Å². The van der Waals surface area contributed by atoms with Crippen LogP contribution in [0.2, 0.25) is 0 Å². The summed E-state index contributed by atoms with van der Waals surface area (Å²) in [5, 5.41) is -0.0198. The maximum atomic E-state index is 16.0. The lowest BCUT2D eigenvalue weighted by Gasteiger charge is -2.35. The van der Waals surface area contributed by atoms with Gasteiger partial charge in [-0.25, -0.2) is 13.6 Å².